The molecule has 8 nitrogen and oxygen atoms in total. The molecule has 0 aromatic carbocycles. The predicted molar refractivity (Wildman–Crippen MR) is 0 cm³/mol. The van der Waals surface area contributed by atoms with E-state index in [4.69, 9.17) is 37.3 Å². The van der Waals surface area contributed by atoms with Crippen molar-refractivity contribution in [2.75, 3.05) is 0 Å². The molecule has 80 valence electrons. The summed E-state index contributed by atoms with van der Waals surface area (Å²) in [5, 5.41) is 0. The zero-order valence-corrected chi connectivity index (χ0v) is 10.8. The van der Waals surface area contributed by atoms with Crippen LogP contribution in [-0.4, -0.2) is 0 Å². The molecule has 0 spiro atoms. The predicted octanol–water partition coefficient (Wildman–Crippen LogP) is -9.51. The molecular formula is Cl4O8Zr. The van der Waals surface area contributed by atoms with Crippen molar-refractivity contribution in [2.24, 2.45) is 0 Å². The molecule has 0 fully saturated rings. The topological polar surface area (TPSA) is 184 Å². The van der Waals surface area contributed by atoms with Gasteiger partial charge < -0.3 is 37.3 Å². The van der Waals surface area contributed by atoms with Crippen LogP contribution in [0.4, 0.5) is 0 Å². The molecule has 0 heterocycles. The van der Waals surface area contributed by atoms with Gasteiger partial charge in [0.1, 0.15) is 0 Å². The van der Waals surface area contributed by atoms with Crippen LogP contribution in [0.3, 0.4) is 0 Å². The van der Waals surface area contributed by atoms with E-state index in [1.54, 1.807) is 0 Å². The Labute approximate surface area is 108 Å². The van der Waals surface area contributed by atoms with E-state index in [2.05, 4.69) is 0 Å². The first-order valence-electron chi connectivity index (χ1n) is 1.23. The molecule has 0 atom stereocenters. The fourth-order valence-corrected chi connectivity index (χ4v) is 0. The van der Waals surface area contributed by atoms with E-state index in [1.165, 1.54) is 0 Å². The third kappa shape index (κ3) is 635. The van der Waals surface area contributed by atoms with Crippen LogP contribution in [0.2, 0.25) is 0 Å². The Morgan fingerprint density at radius 2 is 0.385 bits per heavy atom. The molecule has 0 aliphatic rings. The van der Waals surface area contributed by atoms with Gasteiger partial charge in [0.15, 0.2) is 0 Å². The second-order valence-electron chi connectivity index (χ2n) is 0.252. The van der Waals surface area contributed by atoms with E-state index < -0.39 is 45.3 Å². The SMILES string of the molecule is [O-][Cl+][O-].[O-][Cl+][O-].[O-][Cl+][O-].[O-][Cl+][O-].[Zr+4]. The molecule has 0 aliphatic carbocycles. The van der Waals surface area contributed by atoms with Gasteiger partial charge in [0.2, 0.25) is 0 Å². The summed E-state index contributed by atoms with van der Waals surface area (Å²) in [6, 6.07) is 0. The zero-order valence-electron chi connectivity index (χ0n) is 5.28. The van der Waals surface area contributed by atoms with Crippen LogP contribution in [0.15, 0.2) is 0 Å². The first kappa shape index (κ1) is 29.3. The second kappa shape index (κ2) is 67.8. The maximum atomic E-state index is 8.24. The van der Waals surface area contributed by atoms with E-state index in [-0.39, 0.29) is 26.2 Å². The molecule has 0 radical (unpaired) electrons. The van der Waals surface area contributed by atoms with Crippen LogP contribution in [-0.2, 0) is 26.2 Å². The molecule has 0 aromatic rings. The Kier molecular flexibility index (Phi) is 153. The first-order valence-corrected chi connectivity index (χ1v) is 3.70. The summed E-state index contributed by atoms with van der Waals surface area (Å²) < 4.78 is 65.9. The number of hydrogen-bond donors (Lipinski definition) is 0. The molecule has 13 heavy (non-hydrogen) atoms. The summed E-state index contributed by atoms with van der Waals surface area (Å²) in [6.45, 7) is 0. The zero-order chi connectivity index (χ0) is 10.8. The Balaban J connectivity index is -0.0000000213. The van der Waals surface area contributed by atoms with E-state index in [0.717, 1.165) is 0 Å². The molecule has 0 aliphatic heterocycles. The fraction of sp³-hybridized carbons (Fsp3) is 0. The monoisotopic (exact) mass is 358 g/mol. The maximum Gasteiger partial charge on any atom is 4.00 e. The molecule has 0 saturated carbocycles. The van der Waals surface area contributed by atoms with Crippen LogP contribution in [0.25, 0.3) is 0 Å². The van der Waals surface area contributed by atoms with Gasteiger partial charge in [-0.25, -0.2) is 0 Å². The average molecular weight is 361 g/mol. The van der Waals surface area contributed by atoms with Gasteiger partial charge in [-0.15, -0.1) is 0 Å². The largest absolute Gasteiger partial charge is 4.00 e. The minimum absolute atomic E-state index is 0. The van der Waals surface area contributed by atoms with Gasteiger partial charge in [0.25, 0.3) is 0 Å². The van der Waals surface area contributed by atoms with Crippen molar-refractivity contribution in [1.82, 2.24) is 0 Å². The van der Waals surface area contributed by atoms with Gasteiger partial charge >= 0.3 is 26.2 Å². The van der Waals surface area contributed by atoms with Gasteiger partial charge in [-0.05, 0) is 0 Å². The third-order valence-corrected chi connectivity index (χ3v) is 0. The van der Waals surface area contributed by atoms with Crippen LogP contribution in [0.5, 0.6) is 0 Å². The fourth-order valence-electron chi connectivity index (χ4n) is 0. The molecule has 13 heteroatoms. The van der Waals surface area contributed by atoms with Crippen molar-refractivity contribution in [3.63, 3.8) is 0 Å². The summed E-state index contributed by atoms with van der Waals surface area (Å²) in [4.78, 5) is 0. The molecular weight excluding hydrogens is 361 g/mol. The Bertz CT molecular complexity index is 24.1. The number of hydrogen-bond acceptors (Lipinski definition) is 8. The van der Waals surface area contributed by atoms with Gasteiger partial charge in [-0.1, -0.05) is 0 Å². The average Bonchev–Trinajstić information content (AvgIpc) is 1.92. The van der Waals surface area contributed by atoms with Crippen molar-refractivity contribution in [1.29, 1.82) is 0 Å². The van der Waals surface area contributed by atoms with Crippen LogP contribution in [0.1, 0.15) is 0 Å². The maximum absolute atomic E-state index is 8.24. The van der Waals surface area contributed by atoms with Gasteiger partial charge in [-0.3, -0.25) is 0 Å². The summed E-state index contributed by atoms with van der Waals surface area (Å²) in [5.74, 6) is 0. The standard InChI is InChI=1S/4ClO2.Zr/c4*2-1-3;/q4*-1;+4. The molecule has 0 bridgehead atoms. The number of rotatable bonds is 0. The Morgan fingerprint density at radius 1 is 0.385 bits per heavy atom. The smallest absolute Gasteiger partial charge is 0.544 e. The van der Waals surface area contributed by atoms with E-state index >= 15 is 0 Å². The first-order chi connectivity index (χ1) is 5.66. The van der Waals surface area contributed by atoms with Gasteiger partial charge in [0.05, 0.1) is 45.3 Å². The molecule has 0 N–H and O–H groups in total. The minimum atomic E-state index is -0.417. The molecule has 0 unspecified atom stereocenters. The van der Waals surface area contributed by atoms with Crippen molar-refractivity contribution in [3.8, 4) is 0 Å². The Morgan fingerprint density at radius 3 is 0.385 bits per heavy atom. The number of halogens is 4. The molecule has 0 amide bonds. The van der Waals surface area contributed by atoms with E-state index in [1.807, 2.05) is 0 Å². The third-order valence-electron chi connectivity index (χ3n) is 0. The van der Waals surface area contributed by atoms with E-state index in [0.29, 0.717) is 0 Å². The molecule has 0 aromatic heterocycles. The summed E-state index contributed by atoms with van der Waals surface area (Å²) in [6.07, 6.45) is 0. The van der Waals surface area contributed by atoms with Crippen molar-refractivity contribution >= 4 is 0 Å². The normalized spacial score (nSPS) is 5.54. The van der Waals surface area contributed by atoms with Crippen molar-refractivity contribution in [2.45, 2.75) is 0 Å². The minimum Gasteiger partial charge on any atom is -0.544 e. The summed E-state index contributed by atoms with van der Waals surface area (Å²) >= 11 is -1.67. The van der Waals surface area contributed by atoms with Crippen LogP contribution < -0.4 is 37.3 Å². The van der Waals surface area contributed by atoms with E-state index in [9.17, 15) is 0 Å². The molecule has 0 saturated heterocycles. The Hall–Kier alpha value is 1.72. The van der Waals surface area contributed by atoms with Crippen LogP contribution in [0, 0.1) is 45.3 Å². The van der Waals surface area contributed by atoms with Crippen molar-refractivity contribution < 1.29 is 109 Å². The summed E-state index contributed by atoms with van der Waals surface area (Å²) in [7, 11) is 0. The van der Waals surface area contributed by atoms with Crippen LogP contribution >= 0.6 is 0 Å². The van der Waals surface area contributed by atoms with Gasteiger partial charge in [-0.2, -0.15) is 0 Å². The van der Waals surface area contributed by atoms with Crippen molar-refractivity contribution in [3.05, 3.63) is 0 Å². The summed E-state index contributed by atoms with van der Waals surface area (Å²) in [5.41, 5.74) is 0. The quantitative estimate of drug-likeness (QED) is 0.407. The molecule has 0 rings (SSSR count). The second-order valence-corrected chi connectivity index (χ2v) is 0.756. The van der Waals surface area contributed by atoms with Gasteiger partial charge in [0, 0.05) is 0 Å².